The lowest BCUT2D eigenvalue weighted by atomic mass is 9.95. The fraction of sp³-hybridized carbons (Fsp3) is 0.417. The summed E-state index contributed by atoms with van der Waals surface area (Å²) in [6.45, 7) is 6.13. The number of aromatic nitrogens is 3. The molecule has 2 heterocycles. The third kappa shape index (κ3) is 2.17. The molecule has 5 heteroatoms. The molecule has 0 saturated heterocycles. The Balaban J connectivity index is 2.81. The van der Waals surface area contributed by atoms with E-state index in [0.717, 1.165) is 5.39 Å². The van der Waals surface area contributed by atoms with Gasteiger partial charge in [0.05, 0.1) is 23.0 Å². The van der Waals surface area contributed by atoms with E-state index in [1.807, 2.05) is 20.8 Å². The number of pyridine rings is 1. The van der Waals surface area contributed by atoms with Crippen molar-refractivity contribution in [3.05, 3.63) is 23.2 Å². The first-order valence-corrected chi connectivity index (χ1v) is 5.67. The van der Waals surface area contributed by atoms with E-state index in [0.29, 0.717) is 22.2 Å². The van der Waals surface area contributed by atoms with Gasteiger partial charge < -0.3 is 4.74 Å². The molecule has 0 aliphatic carbocycles. The lowest BCUT2D eigenvalue weighted by Gasteiger charge is -2.18. The van der Waals surface area contributed by atoms with Crippen LogP contribution in [-0.4, -0.2) is 22.1 Å². The Labute approximate surface area is 105 Å². The molecule has 0 saturated carbocycles. The average Bonchev–Trinajstić information content (AvgIpc) is 2.27. The van der Waals surface area contributed by atoms with E-state index in [1.54, 1.807) is 19.5 Å². The Morgan fingerprint density at radius 1 is 1.18 bits per heavy atom. The minimum absolute atomic E-state index is 0.159. The fourth-order valence-corrected chi connectivity index (χ4v) is 1.68. The number of ether oxygens (including phenoxy) is 1. The molecular formula is C12H14ClN3O. The van der Waals surface area contributed by atoms with Crippen molar-refractivity contribution in [1.82, 2.24) is 15.0 Å². The van der Waals surface area contributed by atoms with Gasteiger partial charge in [-0.25, -0.2) is 4.98 Å². The van der Waals surface area contributed by atoms with Crippen molar-refractivity contribution in [3.8, 4) is 5.88 Å². The summed E-state index contributed by atoms with van der Waals surface area (Å²) in [4.78, 5) is 12.9. The van der Waals surface area contributed by atoms with Crippen LogP contribution in [0.3, 0.4) is 0 Å². The molecule has 0 N–H and O–H groups in total. The first-order valence-electron chi connectivity index (χ1n) is 5.29. The first-order chi connectivity index (χ1) is 7.93. The highest BCUT2D eigenvalue weighted by atomic mass is 35.5. The van der Waals surface area contributed by atoms with Gasteiger partial charge in [0.1, 0.15) is 5.82 Å². The van der Waals surface area contributed by atoms with Crippen LogP contribution in [-0.2, 0) is 5.41 Å². The highest BCUT2D eigenvalue weighted by Crippen LogP contribution is 2.29. The van der Waals surface area contributed by atoms with Crippen LogP contribution >= 0.6 is 11.6 Å². The van der Waals surface area contributed by atoms with Crippen molar-refractivity contribution in [3.63, 3.8) is 0 Å². The van der Waals surface area contributed by atoms with Gasteiger partial charge in [-0.2, -0.15) is 4.98 Å². The van der Waals surface area contributed by atoms with Crippen molar-refractivity contribution < 1.29 is 4.74 Å². The first kappa shape index (κ1) is 12.0. The molecule has 0 spiro atoms. The van der Waals surface area contributed by atoms with E-state index in [-0.39, 0.29) is 5.41 Å². The molecule has 2 rings (SSSR count). The van der Waals surface area contributed by atoms with Gasteiger partial charge in [-0.1, -0.05) is 32.4 Å². The average molecular weight is 252 g/mol. The molecule has 0 amide bonds. The molecule has 2 aromatic rings. The van der Waals surface area contributed by atoms with E-state index in [4.69, 9.17) is 16.3 Å². The molecule has 0 radical (unpaired) electrons. The summed E-state index contributed by atoms with van der Waals surface area (Å²) in [7, 11) is 1.58. The van der Waals surface area contributed by atoms with Gasteiger partial charge in [-0.05, 0) is 0 Å². The summed E-state index contributed by atoms with van der Waals surface area (Å²) in [6, 6.07) is 0. The second kappa shape index (κ2) is 4.11. The van der Waals surface area contributed by atoms with Crippen LogP contribution in [0, 0.1) is 0 Å². The number of nitrogens with zero attached hydrogens (tertiary/aromatic N) is 3. The van der Waals surface area contributed by atoms with Crippen LogP contribution in [0.25, 0.3) is 10.9 Å². The Kier molecular flexibility index (Phi) is 2.91. The maximum atomic E-state index is 6.10. The number of rotatable bonds is 1. The van der Waals surface area contributed by atoms with Crippen LogP contribution in [0.15, 0.2) is 12.4 Å². The largest absolute Gasteiger partial charge is 0.480 e. The van der Waals surface area contributed by atoms with Crippen molar-refractivity contribution in [2.75, 3.05) is 7.11 Å². The normalized spacial score (nSPS) is 11.8. The van der Waals surface area contributed by atoms with Crippen molar-refractivity contribution in [1.29, 1.82) is 0 Å². The predicted octanol–water partition coefficient (Wildman–Crippen LogP) is 2.98. The lowest BCUT2D eigenvalue weighted by molar-refractivity contribution is 0.395. The van der Waals surface area contributed by atoms with E-state index < -0.39 is 0 Å². The van der Waals surface area contributed by atoms with Gasteiger partial charge in [0.25, 0.3) is 0 Å². The SMILES string of the molecule is COc1nc(C(C)(C)C)nc2c(Cl)cncc12. The molecule has 0 aromatic carbocycles. The molecule has 90 valence electrons. The predicted molar refractivity (Wildman–Crippen MR) is 67.6 cm³/mol. The third-order valence-electron chi connectivity index (χ3n) is 2.39. The zero-order valence-electron chi connectivity index (χ0n) is 10.3. The maximum Gasteiger partial charge on any atom is 0.226 e. The number of halogens is 1. The molecule has 0 atom stereocenters. The Morgan fingerprint density at radius 3 is 2.47 bits per heavy atom. The van der Waals surface area contributed by atoms with E-state index in [9.17, 15) is 0 Å². The number of hydrogen-bond donors (Lipinski definition) is 0. The number of methoxy groups -OCH3 is 1. The lowest BCUT2D eigenvalue weighted by Crippen LogP contribution is -2.16. The molecule has 0 aliphatic heterocycles. The van der Waals surface area contributed by atoms with Crippen LogP contribution in [0.4, 0.5) is 0 Å². The molecule has 0 aliphatic rings. The Morgan fingerprint density at radius 2 is 1.88 bits per heavy atom. The third-order valence-corrected chi connectivity index (χ3v) is 2.67. The second-order valence-corrected chi connectivity index (χ2v) is 5.23. The minimum atomic E-state index is -0.159. The Hall–Kier alpha value is -1.42. The summed E-state index contributed by atoms with van der Waals surface area (Å²) in [6.07, 6.45) is 3.23. The van der Waals surface area contributed by atoms with E-state index >= 15 is 0 Å². The van der Waals surface area contributed by atoms with Gasteiger partial charge in [0, 0.05) is 17.8 Å². The maximum absolute atomic E-state index is 6.10. The van der Waals surface area contributed by atoms with Crippen LogP contribution in [0.1, 0.15) is 26.6 Å². The highest BCUT2D eigenvalue weighted by molar-refractivity contribution is 6.34. The number of fused-ring (bicyclic) bond motifs is 1. The van der Waals surface area contributed by atoms with E-state index in [1.165, 1.54) is 0 Å². The van der Waals surface area contributed by atoms with Gasteiger partial charge in [0.15, 0.2) is 0 Å². The zero-order chi connectivity index (χ0) is 12.6. The van der Waals surface area contributed by atoms with Crippen molar-refractivity contribution in [2.24, 2.45) is 0 Å². The molecule has 4 nitrogen and oxygen atoms in total. The summed E-state index contributed by atoms with van der Waals surface area (Å²) in [5.41, 5.74) is 0.520. The molecule has 17 heavy (non-hydrogen) atoms. The molecule has 0 fully saturated rings. The summed E-state index contributed by atoms with van der Waals surface area (Å²) < 4.78 is 5.27. The fourth-order valence-electron chi connectivity index (χ4n) is 1.48. The summed E-state index contributed by atoms with van der Waals surface area (Å²) in [5, 5.41) is 1.24. The molecule has 0 bridgehead atoms. The Bertz CT molecular complexity index is 563. The summed E-state index contributed by atoms with van der Waals surface area (Å²) >= 11 is 6.10. The van der Waals surface area contributed by atoms with Gasteiger partial charge in [-0.3, -0.25) is 4.98 Å². The van der Waals surface area contributed by atoms with Crippen LogP contribution in [0.5, 0.6) is 5.88 Å². The van der Waals surface area contributed by atoms with Gasteiger partial charge in [-0.15, -0.1) is 0 Å². The molecule has 0 unspecified atom stereocenters. The molecule has 2 aromatic heterocycles. The second-order valence-electron chi connectivity index (χ2n) is 4.82. The highest BCUT2D eigenvalue weighted by Gasteiger charge is 2.21. The quantitative estimate of drug-likeness (QED) is 0.782. The smallest absolute Gasteiger partial charge is 0.226 e. The standard InChI is InChI=1S/C12H14ClN3O/c1-12(2,3)11-15-9-7(10(16-11)17-4)5-14-6-8(9)13/h5-6H,1-4H3. The van der Waals surface area contributed by atoms with Crippen LogP contribution in [0.2, 0.25) is 5.02 Å². The minimum Gasteiger partial charge on any atom is -0.480 e. The van der Waals surface area contributed by atoms with Gasteiger partial charge >= 0.3 is 0 Å². The topological polar surface area (TPSA) is 47.9 Å². The molecular weight excluding hydrogens is 238 g/mol. The van der Waals surface area contributed by atoms with Crippen LogP contribution < -0.4 is 4.74 Å². The number of hydrogen-bond acceptors (Lipinski definition) is 4. The van der Waals surface area contributed by atoms with Crippen molar-refractivity contribution >= 4 is 22.5 Å². The van der Waals surface area contributed by atoms with Gasteiger partial charge in [0.2, 0.25) is 5.88 Å². The monoisotopic (exact) mass is 251 g/mol. The summed E-state index contributed by atoms with van der Waals surface area (Å²) in [5.74, 6) is 1.21. The van der Waals surface area contributed by atoms with E-state index in [2.05, 4.69) is 15.0 Å². The van der Waals surface area contributed by atoms with Crippen molar-refractivity contribution in [2.45, 2.75) is 26.2 Å². The zero-order valence-corrected chi connectivity index (χ0v) is 11.0.